The second-order valence-electron chi connectivity index (χ2n) is 3.24. The van der Waals surface area contributed by atoms with Crippen molar-refractivity contribution in [1.82, 2.24) is 5.32 Å². The molecule has 0 radical (unpaired) electrons. The molecule has 4 nitrogen and oxygen atoms in total. The van der Waals surface area contributed by atoms with Gasteiger partial charge in [0, 0.05) is 13.5 Å². The summed E-state index contributed by atoms with van der Waals surface area (Å²) in [5.74, 6) is -0.0812. The fourth-order valence-electron chi connectivity index (χ4n) is 0.944. The molecule has 0 fully saturated rings. The highest BCUT2D eigenvalue weighted by molar-refractivity contribution is 5.76. The molecule has 0 spiro atoms. The second kappa shape index (κ2) is 7.34. The molecule has 1 N–H and O–H groups in total. The van der Waals surface area contributed by atoms with Crippen LogP contribution in [0, 0.1) is 11.3 Å². The van der Waals surface area contributed by atoms with Crippen molar-refractivity contribution in [3.63, 3.8) is 0 Å². The van der Waals surface area contributed by atoms with Crippen molar-refractivity contribution in [3.8, 4) is 6.07 Å². The van der Waals surface area contributed by atoms with Gasteiger partial charge in [-0.1, -0.05) is 6.92 Å². The van der Waals surface area contributed by atoms with Gasteiger partial charge in [0.15, 0.2) is 0 Å². The molecule has 0 bridgehead atoms. The number of carbonyl (C=O) groups is 1. The third kappa shape index (κ3) is 5.55. The van der Waals surface area contributed by atoms with Crippen molar-refractivity contribution in [2.75, 3.05) is 7.11 Å². The summed E-state index contributed by atoms with van der Waals surface area (Å²) in [5, 5.41) is 11.2. The van der Waals surface area contributed by atoms with Crippen LogP contribution < -0.4 is 5.32 Å². The molecule has 0 aromatic heterocycles. The highest BCUT2D eigenvalue weighted by Gasteiger charge is 2.10. The first-order valence-corrected chi connectivity index (χ1v) is 4.85. The Morgan fingerprint density at radius 3 is 2.71 bits per heavy atom. The molecule has 0 aliphatic rings. The fourth-order valence-corrected chi connectivity index (χ4v) is 0.944. The highest BCUT2D eigenvalue weighted by Crippen LogP contribution is 2.00. The lowest BCUT2D eigenvalue weighted by atomic mass is 10.2. The van der Waals surface area contributed by atoms with Crippen LogP contribution in [0.1, 0.15) is 33.1 Å². The first kappa shape index (κ1) is 12.9. The van der Waals surface area contributed by atoms with Gasteiger partial charge in [0.05, 0.1) is 12.2 Å². The molecule has 0 aliphatic carbocycles. The van der Waals surface area contributed by atoms with Gasteiger partial charge in [-0.05, 0) is 19.8 Å². The van der Waals surface area contributed by atoms with E-state index in [0.29, 0.717) is 19.3 Å². The standard InChI is InChI=1S/C10H18N2O2/c1-4-9(7-11)12-10(13)6-5-8(2)14-3/h8-9H,4-6H2,1-3H3,(H,12,13). The number of nitrogens with zero attached hydrogens (tertiary/aromatic N) is 1. The molecule has 2 atom stereocenters. The number of rotatable bonds is 6. The molecule has 4 heteroatoms. The summed E-state index contributed by atoms with van der Waals surface area (Å²) in [6, 6.07) is 1.66. The molecule has 0 saturated carbocycles. The molecule has 0 aromatic rings. The van der Waals surface area contributed by atoms with Gasteiger partial charge in [-0.3, -0.25) is 4.79 Å². The number of carbonyl (C=O) groups excluding carboxylic acids is 1. The van der Waals surface area contributed by atoms with E-state index in [0.717, 1.165) is 0 Å². The molecule has 2 unspecified atom stereocenters. The number of amides is 1. The Morgan fingerprint density at radius 2 is 2.29 bits per heavy atom. The minimum Gasteiger partial charge on any atom is -0.382 e. The van der Waals surface area contributed by atoms with Crippen LogP contribution in [0.25, 0.3) is 0 Å². The Hall–Kier alpha value is -1.08. The largest absolute Gasteiger partial charge is 0.382 e. The van der Waals surface area contributed by atoms with E-state index in [1.165, 1.54) is 0 Å². The Bertz CT molecular complexity index is 211. The van der Waals surface area contributed by atoms with Crippen LogP contribution in [-0.4, -0.2) is 25.2 Å². The van der Waals surface area contributed by atoms with Gasteiger partial charge in [-0.15, -0.1) is 0 Å². The SMILES string of the molecule is CCC(C#N)NC(=O)CCC(C)OC. The Kier molecular flexibility index (Phi) is 6.77. The van der Waals surface area contributed by atoms with E-state index in [2.05, 4.69) is 5.32 Å². The minimum atomic E-state index is -0.361. The minimum absolute atomic E-state index is 0.0812. The van der Waals surface area contributed by atoms with Crippen LogP contribution in [0.2, 0.25) is 0 Å². The van der Waals surface area contributed by atoms with Crippen LogP contribution >= 0.6 is 0 Å². The van der Waals surface area contributed by atoms with Crippen LogP contribution in [-0.2, 0) is 9.53 Å². The van der Waals surface area contributed by atoms with E-state index in [1.54, 1.807) is 7.11 Å². The second-order valence-corrected chi connectivity index (χ2v) is 3.24. The van der Waals surface area contributed by atoms with Crippen LogP contribution in [0.4, 0.5) is 0 Å². The van der Waals surface area contributed by atoms with Crippen molar-refractivity contribution >= 4 is 5.91 Å². The van der Waals surface area contributed by atoms with Crippen LogP contribution in [0.15, 0.2) is 0 Å². The lowest BCUT2D eigenvalue weighted by Gasteiger charge is -2.11. The summed E-state index contributed by atoms with van der Waals surface area (Å²) in [7, 11) is 1.62. The molecule has 0 saturated heterocycles. The molecule has 0 heterocycles. The lowest BCUT2D eigenvalue weighted by molar-refractivity contribution is -0.122. The first-order chi connectivity index (χ1) is 6.63. The quantitative estimate of drug-likeness (QED) is 0.698. The predicted octanol–water partition coefficient (Wildman–Crippen LogP) is 1.22. The van der Waals surface area contributed by atoms with Gasteiger partial charge < -0.3 is 10.1 Å². The predicted molar refractivity (Wildman–Crippen MR) is 53.5 cm³/mol. The van der Waals surface area contributed by atoms with E-state index in [-0.39, 0.29) is 18.1 Å². The first-order valence-electron chi connectivity index (χ1n) is 4.85. The molecule has 0 aliphatic heterocycles. The smallest absolute Gasteiger partial charge is 0.221 e. The number of hydrogen-bond acceptors (Lipinski definition) is 3. The summed E-state index contributed by atoms with van der Waals surface area (Å²) in [6.07, 6.45) is 1.82. The molecule has 0 aromatic carbocycles. The maximum Gasteiger partial charge on any atom is 0.221 e. The third-order valence-electron chi connectivity index (χ3n) is 2.08. The maximum atomic E-state index is 11.3. The van der Waals surface area contributed by atoms with Gasteiger partial charge >= 0.3 is 0 Å². The van der Waals surface area contributed by atoms with Crippen molar-refractivity contribution in [3.05, 3.63) is 0 Å². The normalized spacial score (nSPS) is 14.1. The van der Waals surface area contributed by atoms with Crippen molar-refractivity contribution in [2.24, 2.45) is 0 Å². The lowest BCUT2D eigenvalue weighted by Crippen LogP contribution is -2.33. The third-order valence-corrected chi connectivity index (χ3v) is 2.08. The van der Waals surface area contributed by atoms with Crippen molar-refractivity contribution < 1.29 is 9.53 Å². The Morgan fingerprint density at radius 1 is 1.64 bits per heavy atom. The molecular weight excluding hydrogens is 180 g/mol. The zero-order valence-electron chi connectivity index (χ0n) is 9.04. The summed E-state index contributed by atoms with van der Waals surface area (Å²) in [4.78, 5) is 11.3. The molecule has 1 amide bonds. The van der Waals surface area contributed by atoms with E-state index in [1.807, 2.05) is 19.9 Å². The van der Waals surface area contributed by atoms with Crippen LogP contribution in [0.5, 0.6) is 0 Å². The van der Waals surface area contributed by atoms with E-state index in [9.17, 15) is 4.79 Å². The van der Waals surface area contributed by atoms with E-state index >= 15 is 0 Å². The summed E-state index contributed by atoms with van der Waals surface area (Å²) in [5.41, 5.74) is 0. The number of nitriles is 1. The summed E-state index contributed by atoms with van der Waals surface area (Å²) < 4.78 is 5.01. The monoisotopic (exact) mass is 198 g/mol. The number of methoxy groups -OCH3 is 1. The van der Waals surface area contributed by atoms with E-state index < -0.39 is 0 Å². The summed E-state index contributed by atoms with van der Waals surface area (Å²) in [6.45, 7) is 3.78. The number of hydrogen-bond donors (Lipinski definition) is 1. The van der Waals surface area contributed by atoms with Crippen molar-refractivity contribution in [2.45, 2.75) is 45.3 Å². The van der Waals surface area contributed by atoms with Crippen LogP contribution in [0.3, 0.4) is 0 Å². The average molecular weight is 198 g/mol. The number of ether oxygens (including phenoxy) is 1. The van der Waals surface area contributed by atoms with E-state index in [4.69, 9.17) is 10.00 Å². The maximum absolute atomic E-state index is 11.3. The molecule has 0 rings (SSSR count). The topological polar surface area (TPSA) is 62.1 Å². The molecule has 14 heavy (non-hydrogen) atoms. The Balaban J connectivity index is 3.71. The fraction of sp³-hybridized carbons (Fsp3) is 0.800. The van der Waals surface area contributed by atoms with Gasteiger partial charge in [-0.2, -0.15) is 5.26 Å². The summed E-state index contributed by atoms with van der Waals surface area (Å²) >= 11 is 0. The van der Waals surface area contributed by atoms with Gasteiger partial charge in [0.25, 0.3) is 0 Å². The van der Waals surface area contributed by atoms with Crippen molar-refractivity contribution in [1.29, 1.82) is 5.26 Å². The molecular formula is C10H18N2O2. The Labute approximate surface area is 85.2 Å². The van der Waals surface area contributed by atoms with Gasteiger partial charge in [0.2, 0.25) is 5.91 Å². The zero-order valence-corrected chi connectivity index (χ0v) is 9.04. The van der Waals surface area contributed by atoms with Gasteiger partial charge in [0.1, 0.15) is 6.04 Å². The average Bonchev–Trinajstić information content (AvgIpc) is 2.22. The number of nitrogens with one attached hydrogen (secondary N) is 1. The van der Waals surface area contributed by atoms with Gasteiger partial charge in [-0.25, -0.2) is 0 Å². The highest BCUT2D eigenvalue weighted by atomic mass is 16.5. The zero-order chi connectivity index (χ0) is 11.0. The molecule has 80 valence electrons.